The van der Waals surface area contributed by atoms with Crippen molar-refractivity contribution in [2.24, 2.45) is 0 Å². The molecule has 0 fully saturated rings. The van der Waals surface area contributed by atoms with Gasteiger partial charge in [-0.05, 0) is 26.2 Å². The van der Waals surface area contributed by atoms with Gasteiger partial charge >= 0.3 is 23.9 Å². The van der Waals surface area contributed by atoms with Gasteiger partial charge in [0.05, 0.1) is 0 Å². The van der Waals surface area contributed by atoms with Gasteiger partial charge in [-0.1, -0.05) is 12.6 Å². The van der Waals surface area contributed by atoms with Gasteiger partial charge in [-0.2, -0.15) is 39.5 Å². The van der Waals surface area contributed by atoms with E-state index in [1.807, 2.05) is 6.55 Å². The summed E-state index contributed by atoms with van der Waals surface area (Å²) in [5.74, 6) is -19.2. The molecule has 18 heteroatoms. The fourth-order valence-electron chi connectivity index (χ4n) is 2.24. The third-order valence-corrected chi connectivity index (χ3v) is 29.3. The molecule has 30 heavy (non-hydrogen) atoms. The summed E-state index contributed by atoms with van der Waals surface area (Å²) in [6.07, 6.45) is -6.84. The first-order valence-corrected chi connectivity index (χ1v) is 24.6. The van der Waals surface area contributed by atoms with Crippen LogP contribution in [-0.2, 0) is 12.3 Å². The molecule has 0 aliphatic carbocycles. The summed E-state index contributed by atoms with van der Waals surface area (Å²) in [5.41, 5.74) is -0.889. The molecular weight excluding hydrogens is 532 g/mol. The molecular formula is C12H27F9O3Si6. The molecule has 0 saturated heterocycles. The van der Waals surface area contributed by atoms with Crippen molar-refractivity contribution in [3.63, 3.8) is 0 Å². The zero-order valence-electron chi connectivity index (χ0n) is 17.3. The van der Waals surface area contributed by atoms with E-state index < -0.39 is 83.2 Å². The van der Waals surface area contributed by atoms with Crippen LogP contribution >= 0.6 is 0 Å². The van der Waals surface area contributed by atoms with Gasteiger partial charge in [-0.25, -0.2) is 0 Å². The molecule has 0 radical (unpaired) electrons. The second kappa shape index (κ2) is 10.9. The summed E-state index contributed by atoms with van der Waals surface area (Å²) in [7, 11) is -12.1. The van der Waals surface area contributed by atoms with Crippen molar-refractivity contribution in [3.8, 4) is 0 Å². The Morgan fingerprint density at radius 2 is 1.40 bits per heavy atom. The van der Waals surface area contributed by atoms with Crippen LogP contribution in [0.15, 0.2) is 12.3 Å². The van der Waals surface area contributed by atoms with Gasteiger partial charge in [0.25, 0.3) is 0 Å². The zero-order valence-corrected chi connectivity index (χ0v) is 24.8. The Bertz CT molecular complexity index is 566. The van der Waals surface area contributed by atoms with E-state index in [0.717, 1.165) is 6.55 Å². The molecule has 0 aliphatic rings. The van der Waals surface area contributed by atoms with Gasteiger partial charge in [-0.3, -0.25) is 0 Å². The Balaban J connectivity index is 5.82. The van der Waals surface area contributed by atoms with Gasteiger partial charge in [0.1, 0.15) is 0 Å². The van der Waals surface area contributed by atoms with Crippen LogP contribution in [-0.4, -0.2) is 77.7 Å². The predicted molar refractivity (Wildman–Crippen MR) is 113 cm³/mol. The summed E-state index contributed by atoms with van der Waals surface area (Å²) in [6.45, 7) is 10.5. The molecule has 0 spiro atoms. The van der Waals surface area contributed by atoms with Crippen molar-refractivity contribution in [1.29, 1.82) is 0 Å². The number of halogens is 9. The first-order chi connectivity index (χ1) is 13.3. The molecule has 180 valence electrons. The number of hydrogen-bond donors (Lipinski definition) is 0. The first-order valence-electron chi connectivity index (χ1n) is 8.97. The van der Waals surface area contributed by atoms with Gasteiger partial charge in [0.2, 0.25) is 0 Å². The second-order valence-corrected chi connectivity index (χ2v) is 27.2. The van der Waals surface area contributed by atoms with E-state index >= 15 is 0 Å². The van der Waals surface area contributed by atoms with Crippen molar-refractivity contribution in [2.75, 3.05) is 0 Å². The molecule has 0 aromatic heterocycles. The monoisotopic (exact) mass is 558 g/mol. The molecule has 0 amide bonds. The van der Waals surface area contributed by atoms with Gasteiger partial charge in [0.15, 0.2) is 53.8 Å². The maximum atomic E-state index is 14.5. The lowest BCUT2D eigenvalue weighted by Crippen LogP contribution is -2.66. The van der Waals surface area contributed by atoms with E-state index in [4.69, 9.17) is 12.3 Å². The maximum absolute atomic E-state index is 14.5. The third kappa shape index (κ3) is 6.89. The number of alkyl halides is 9. The Labute approximate surface area is 180 Å². The predicted octanol–water partition coefficient (Wildman–Crippen LogP) is 2.20. The highest BCUT2D eigenvalue weighted by molar-refractivity contribution is 7.23. The summed E-state index contributed by atoms with van der Waals surface area (Å²) >= 11 is 0. The van der Waals surface area contributed by atoms with E-state index in [2.05, 4.69) is 6.58 Å². The molecule has 0 bridgehead atoms. The quantitative estimate of drug-likeness (QED) is 0.197. The summed E-state index contributed by atoms with van der Waals surface area (Å²) in [5, 5.41) is 0. The van der Waals surface area contributed by atoms with E-state index in [0.29, 0.717) is 6.92 Å². The third-order valence-electron chi connectivity index (χ3n) is 4.56. The van der Waals surface area contributed by atoms with E-state index in [9.17, 15) is 39.5 Å². The highest BCUT2D eigenvalue weighted by atomic mass is 29.2. The average molecular weight is 559 g/mol. The molecule has 0 rings (SSSR count). The van der Waals surface area contributed by atoms with Crippen LogP contribution < -0.4 is 0 Å². The summed E-state index contributed by atoms with van der Waals surface area (Å²) in [6, 6.07) is 0. The van der Waals surface area contributed by atoms with Crippen molar-refractivity contribution in [1.82, 2.24) is 0 Å². The Kier molecular flexibility index (Phi) is 11.0. The molecule has 3 unspecified atom stereocenters. The molecule has 3 nitrogen and oxygen atoms in total. The van der Waals surface area contributed by atoms with Crippen LogP contribution in [0.4, 0.5) is 39.5 Å². The van der Waals surface area contributed by atoms with E-state index in [1.54, 1.807) is 18.8 Å². The van der Waals surface area contributed by atoms with Crippen molar-refractivity contribution >= 4 is 53.8 Å². The largest absolute Gasteiger partial charge is 0.463 e. The minimum atomic E-state index is -6.90. The molecule has 0 heterocycles. The van der Waals surface area contributed by atoms with Gasteiger partial charge < -0.3 is 12.3 Å². The zero-order chi connectivity index (χ0) is 24.2. The van der Waals surface area contributed by atoms with Crippen molar-refractivity contribution in [3.05, 3.63) is 12.3 Å². The highest BCUT2D eigenvalue weighted by Gasteiger charge is 2.83. The summed E-state index contributed by atoms with van der Waals surface area (Å²) in [4.78, 5) is 0. The second-order valence-electron chi connectivity index (χ2n) is 7.32. The molecule has 0 aliphatic heterocycles. The normalized spacial score (nSPS) is 19.4. The molecule has 0 saturated carbocycles. The Morgan fingerprint density at radius 1 is 0.900 bits per heavy atom. The fourth-order valence-corrected chi connectivity index (χ4v) is 33.4. The lowest BCUT2D eigenvalue weighted by Gasteiger charge is -2.42. The van der Waals surface area contributed by atoms with Crippen LogP contribution in [0.2, 0.25) is 31.7 Å². The molecule has 0 aromatic rings. The Morgan fingerprint density at radius 3 is 1.80 bits per heavy atom. The van der Waals surface area contributed by atoms with Crippen LogP contribution in [0.25, 0.3) is 0 Å². The van der Waals surface area contributed by atoms with E-state index in [1.165, 1.54) is 0 Å². The number of rotatable bonds is 13. The van der Waals surface area contributed by atoms with Crippen molar-refractivity contribution < 1.29 is 51.9 Å². The fraction of sp³-hybridized carbons (Fsp3) is 0.833. The summed E-state index contributed by atoms with van der Waals surface area (Å²) < 4.78 is 137. The van der Waals surface area contributed by atoms with Crippen LogP contribution in [0.3, 0.4) is 0 Å². The van der Waals surface area contributed by atoms with Gasteiger partial charge in [0, 0.05) is 5.54 Å². The topological polar surface area (TPSA) is 27.7 Å². The average Bonchev–Trinajstić information content (AvgIpc) is 2.61. The minimum absolute atomic E-state index is 0.558. The SMILES string of the molecule is C=C[SiH](C)O[SiH2][SiH2]O[Si](C)([SiH2]O[SiH](C)C)C(C)C(F)(F)C(F)(F)C(F)(F)C(F)(F)F. The maximum Gasteiger partial charge on any atom is 0.460 e. The smallest absolute Gasteiger partial charge is 0.460 e. The Hall–Kier alpha value is 0.291. The molecule has 0 aromatic carbocycles. The minimum Gasteiger partial charge on any atom is -0.463 e. The van der Waals surface area contributed by atoms with Crippen LogP contribution in [0.5, 0.6) is 0 Å². The standard InChI is InChI=1S/C12H27F9O3Si6/c1-7-29(5)22-25-26-24-30(6,27-23-28(3)4)8(2)9(13,14)10(15,16)11(17,18)12(19,20)21/h7-8,28-29H,1,25-27H2,2-6H3. The van der Waals surface area contributed by atoms with Gasteiger partial charge in [-0.15, -0.1) is 6.58 Å². The molecule has 3 atom stereocenters. The van der Waals surface area contributed by atoms with Crippen LogP contribution in [0, 0.1) is 0 Å². The first kappa shape index (κ1) is 30.3. The molecule has 0 N–H and O–H groups in total. The van der Waals surface area contributed by atoms with E-state index in [-0.39, 0.29) is 0 Å². The lowest BCUT2D eigenvalue weighted by atomic mass is 10.0. The highest BCUT2D eigenvalue weighted by Crippen LogP contribution is 2.57. The lowest BCUT2D eigenvalue weighted by molar-refractivity contribution is -0.396. The van der Waals surface area contributed by atoms with Crippen molar-refractivity contribution in [2.45, 2.75) is 62.6 Å². The number of hydrogen-bond acceptors (Lipinski definition) is 3. The van der Waals surface area contributed by atoms with Crippen LogP contribution in [0.1, 0.15) is 6.92 Å².